The summed E-state index contributed by atoms with van der Waals surface area (Å²) in [5.41, 5.74) is 0.159. The number of H-pyrrole nitrogens is 1. The van der Waals surface area contributed by atoms with Crippen LogP contribution in [0.4, 0.5) is 10.1 Å². The molecule has 0 aliphatic rings. The average molecular weight is 181 g/mol. The fourth-order valence-corrected chi connectivity index (χ4v) is 1.10. The fourth-order valence-electron chi connectivity index (χ4n) is 1.10. The van der Waals surface area contributed by atoms with E-state index in [0.717, 1.165) is 6.07 Å². The summed E-state index contributed by atoms with van der Waals surface area (Å²) in [7, 11) is 0. The van der Waals surface area contributed by atoms with Crippen LogP contribution in [0.2, 0.25) is 0 Å². The Hall–Kier alpha value is -1.98. The Morgan fingerprint density at radius 2 is 2.31 bits per heavy atom. The van der Waals surface area contributed by atoms with Crippen LogP contribution in [0.15, 0.2) is 18.5 Å². The van der Waals surface area contributed by atoms with E-state index in [0.29, 0.717) is 5.52 Å². The summed E-state index contributed by atoms with van der Waals surface area (Å²) in [4.78, 5) is 15.9. The highest BCUT2D eigenvalue weighted by Crippen LogP contribution is 2.20. The molecule has 2 aromatic rings. The number of nitro benzene ring substituents is 1. The molecule has 0 radical (unpaired) electrons. The van der Waals surface area contributed by atoms with E-state index in [-0.39, 0.29) is 11.2 Å². The number of nitrogens with one attached hydrogen (secondary N) is 1. The molecule has 1 aromatic carbocycles. The summed E-state index contributed by atoms with van der Waals surface area (Å²) in [5.74, 6) is -0.689. The van der Waals surface area contributed by atoms with E-state index in [4.69, 9.17) is 0 Å². The van der Waals surface area contributed by atoms with Gasteiger partial charge in [-0.1, -0.05) is 0 Å². The van der Waals surface area contributed by atoms with Gasteiger partial charge < -0.3 is 4.98 Å². The largest absolute Gasteiger partial charge is 0.344 e. The van der Waals surface area contributed by atoms with Crippen molar-refractivity contribution in [2.45, 2.75) is 0 Å². The zero-order valence-corrected chi connectivity index (χ0v) is 6.32. The lowest BCUT2D eigenvalue weighted by Crippen LogP contribution is -1.89. The summed E-state index contributed by atoms with van der Waals surface area (Å²) in [6, 6.07) is 2.09. The summed E-state index contributed by atoms with van der Waals surface area (Å²) in [6.07, 6.45) is 1.29. The van der Waals surface area contributed by atoms with E-state index < -0.39 is 10.7 Å². The van der Waals surface area contributed by atoms with Crippen LogP contribution in [-0.2, 0) is 0 Å². The zero-order valence-electron chi connectivity index (χ0n) is 6.32. The van der Waals surface area contributed by atoms with Crippen molar-refractivity contribution in [3.05, 3.63) is 34.4 Å². The van der Waals surface area contributed by atoms with Gasteiger partial charge in [-0.25, -0.2) is 9.37 Å². The molecule has 1 heterocycles. The highest BCUT2D eigenvalue weighted by Gasteiger charge is 2.12. The molecule has 0 aliphatic heterocycles. The summed E-state index contributed by atoms with van der Waals surface area (Å²) < 4.78 is 13.1. The second kappa shape index (κ2) is 2.51. The van der Waals surface area contributed by atoms with Crippen molar-refractivity contribution in [3.63, 3.8) is 0 Å². The van der Waals surface area contributed by atoms with E-state index in [2.05, 4.69) is 9.97 Å². The second-order valence-corrected chi connectivity index (χ2v) is 2.48. The number of nitrogens with zero attached hydrogens (tertiary/aromatic N) is 2. The van der Waals surface area contributed by atoms with Crippen LogP contribution in [0.5, 0.6) is 0 Å². The monoisotopic (exact) mass is 181 g/mol. The Morgan fingerprint density at radius 3 is 3.00 bits per heavy atom. The number of hydrogen-bond donors (Lipinski definition) is 1. The van der Waals surface area contributed by atoms with Gasteiger partial charge >= 0.3 is 0 Å². The molecule has 0 saturated carbocycles. The minimum Gasteiger partial charge on any atom is -0.344 e. The number of halogens is 1. The zero-order chi connectivity index (χ0) is 9.42. The van der Waals surface area contributed by atoms with Crippen LogP contribution in [0, 0.1) is 15.9 Å². The summed E-state index contributed by atoms with van der Waals surface area (Å²) in [6.45, 7) is 0. The number of aromatic amines is 1. The van der Waals surface area contributed by atoms with Gasteiger partial charge in [0.1, 0.15) is 5.52 Å². The number of benzene rings is 1. The predicted molar refractivity (Wildman–Crippen MR) is 42.7 cm³/mol. The Labute approximate surface area is 71.4 Å². The fraction of sp³-hybridized carbons (Fsp3) is 0. The maximum Gasteiger partial charge on any atom is 0.274 e. The van der Waals surface area contributed by atoms with Gasteiger partial charge in [-0.3, -0.25) is 10.1 Å². The summed E-state index contributed by atoms with van der Waals surface area (Å²) in [5, 5.41) is 10.3. The molecule has 66 valence electrons. The van der Waals surface area contributed by atoms with Crippen LogP contribution < -0.4 is 0 Å². The molecule has 0 aliphatic carbocycles. The number of nitro groups is 1. The third kappa shape index (κ3) is 1.12. The van der Waals surface area contributed by atoms with Gasteiger partial charge in [0.05, 0.1) is 22.8 Å². The Kier molecular flexibility index (Phi) is 1.48. The van der Waals surface area contributed by atoms with Crippen LogP contribution in [0.25, 0.3) is 11.0 Å². The Morgan fingerprint density at radius 1 is 1.54 bits per heavy atom. The topological polar surface area (TPSA) is 71.8 Å². The van der Waals surface area contributed by atoms with Crippen molar-refractivity contribution in [1.82, 2.24) is 9.97 Å². The minimum atomic E-state index is -0.689. The van der Waals surface area contributed by atoms with Gasteiger partial charge in [-0.2, -0.15) is 0 Å². The van der Waals surface area contributed by atoms with Crippen molar-refractivity contribution in [3.8, 4) is 0 Å². The molecule has 0 spiro atoms. The Balaban J connectivity index is 2.77. The van der Waals surface area contributed by atoms with Crippen molar-refractivity contribution < 1.29 is 9.31 Å². The number of fused-ring (bicyclic) bond motifs is 1. The molecule has 0 amide bonds. The van der Waals surface area contributed by atoms with Gasteiger partial charge in [0.25, 0.3) is 5.69 Å². The quantitative estimate of drug-likeness (QED) is 0.536. The van der Waals surface area contributed by atoms with E-state index >= 15 is 0 Å². The normalized spacial score (nSPS) is 10.5. The molecule has 5 nitrogen and oxygen atoms in total. The third-order valence-electron chi connectivity index (χ3n) is 1.67. The molecule has 0 atom stereocenters. The maximum atomic E-state index is 13.1. The van der Waals surface area contributed by atoms with E-state index in [9.17, 15) is 14.5 Å². The van der Waals surface area contributed by atoms with Crippen molar-refractivity contribution >= 4 is 16.7 Å². The highest BCUT2D eigenvalue weighted by molar-refractivity contribution is 5.77. The van der Waals surface area contributed by atoms with E-state index in [1.165, 1.54) is 12.4 Å². The molecular formula is C7H4FN3O2. The third-order valence-corrected chi connectivity index (χ3v) is 1.67. The van der Waals surface area contributed by atoms with Crippen molar-refractivity contribution in [1.29, 1.82) is 0 Å². The Bertz CT molecular complexity index is 480. The molecule has 6 heteroatoms. The SMILES string of the molecule is O=[N+]([O-])c1cc(F)c2nc[nH]c2c1. The number of aromatic nitrogens is 2. The first kappa shape index (κ1) is 7.66. The van der Waals surface area contributed by atoms with Crippen molar-refractivity contribution in [2.75, 3.05) is 0 Å². The molecule has 0 unspecified atom stereocenters. The lowest BCUT2D eigenvalue weighted by atomic mass is 10.2. The number of hydrogen-bond acceptors (Lipinski definition) is 3. The first-order valence-electron chi connectivity index (χ1n) is 3.45. The van der Waals surface area contributed by atoms with Gasteiger partial charge in [-0.05, 0) is 0 Å². The molecule has 13 heavy (non-hydrogen) atoms. The smallest absolute Gasteiger partial charge is 0.274 e. The maximum absolute atomic E-state index is 13.1. The van der Waals surface area contributed by atoms with Crippen LogP contribution in [0.1, 0.15) is 0 Å². The van der Waals surface area contributed by atoms with Gasteiger partial charge in [-0.15, -0.1) is 0 Å². The standard InChI is InChI=1S/C7H4FN3O2/c8-5-1-4(11(12)13)2-6-7(5)10-3-9-6/h1-3H,(H,9,10). The van der Waals surface area contributed by atoms with E-state index in [1.54, 1.807) is 0 Å². The molecule has 1 aromatic heterocycles. The van der Waals surface area contributed by atoms with Crippen LogP contribution >= 0.6 is 0 Å². The first-order chi connectivity index (χ1) is 6.18. The molecule has 2 rings (SSSR count). The van der Waals surface area contributed by atoms with Gasteiger partial charge in [0.2, 0.25) is 0 Å². The number of non-ortho nitro benzene ring substituents is 1. The van der Waals surface area contributed by atoms with Crippen LogP contribution in [-0.4, -0.2) is 14.9 Å². The van der Waals surface area contributed by atoms with Crippen LogP contribution in [0.3, 0.4) is 0 Å². The summed E-state index contributed by atoms with van der Waals surface area (Å²) >= 11 is 0. The second-order valence-electron chi connectivity index (χ2n) is 2.48. The minimum absolute atomic E-state index is 0.116. The lowest BCUT2D eigenvalue weighted by molar-refractivity contribution is -0.384. The lowest BCUT2D eigenvalue weighted by Gasteiger charge is -1.92. The number of rotatable bonds is 1. The van der Waals surface area contributed by atoms with Gasteiger partial charge in [0.15, 0.2) is 5.82 Å². The van der Waals surface area contributed by atoms with Crippen molar-refractivity contribution in [2.24, 2.45) is 0 Å². The van der Waals surface area contributed by atoms with E-state index in [1.807, 2.05) is 0 Å². The average Bonchev–Trinajstić information content (AvgIpc) is 2.51. The van der Waals surface area contributed by atoms with Gasteiger partial charge in [0, 0.05) is 6.07 Å². The predicted octanol–water partition coefficient (Wildman–Crippen LogP) is 1.61. The molecule has 0 saturated heterocycles. The first-order valence-corrected chi connectivity index (χ1v) is 3.45. The highest BCUT2D eigenvalue weighted by atomic mass is 19.1. The molecule has 0 bridgehead atoms. The molecular weight excluding hydrogens is 177 g/mol. The molecule has 1 N–H and O–H groups in total. The number of imidazole rings is 1. The molecule has 0 fully saturated rings.